The van der Waals surface area contributed by atoms with E-state index in [1.807, 2.05) is 0 Å². The highest BCUT2D eigenvalue weighted by Crippen LogP contribution is 2.20. The number of carbonyl (C=O) groups excluding carboxylic acids is 1. The number of fused-ring (bicyclic) bond motifs is 1. The van der Waals surface area contributed by atoms with Gasteiger partial charge in [0, 0.05) is 24.7 Å². The maximum absolute atomic E-state index is 13.1. The van der Waals surface area contributed by atoms with Crippen molar-refractivity contribution in [3.63, 3.8) is 0 Å². The highest BCUT2D eigenvalue weighted by molar-refractivity contribution is 5.96. The maximum atomic E-state index is 13.1. The smallest absolute Gasteiger partial charge is 0.404 e. The molecule has 2 N–H and O–H groups in total. The molecule has 1 aliphatic rings. The molecule has 19 heavy (non-hydrogen) atoms. The Morgan fingerprint density at radius 2 is 2.32 bits per heavy atom. The molecule has 1 heterocycles. The summed E-state index contributed by atoms with van der Waals surface area (Å²) in [5.74, 6) is -0.527. The molecule has 1 aromatic rings. The van der Waals surface area contributed by atoms with Gasteiger partial charge in [-0.25, -0.2) is 9.18 Å². The van der Waals surface area contributed by atoms with Crippen LogP contribution >= 0.6 is 0 Å². The molecule has 0 bridgehead atoms. The van der Waals surface area contributed by atoms with Crippen LogP contribution in [0, 0.1) is 5.82 Å². The zero-order valence-corrected chi connectivity index (χ0v) is 10.5. The van der Waals surface area contributed by atoms with Crippen LogP contribution in [0.4, 0.5) is 9.18 Å². The summed E-state index contributed by atoms with van der Waals surface area (Å²) < 4.78 is 13.1. The van der Waals surface area contributed by atoms with Gasteiger partial charge in [-0.05, 0) is 37.1 Å². The van der Waals surface area contributed by atoms with Crippen LogP contribution in [-0.4, -0.2) is 41.1 Å². The van der Waals surface area contributed by atoms with E-state index in [4.69, 9.17) is 5.11 Å². The van der Waals surface area contributed by atoms with Gasteiger partial charge in [0.1, 0.15) is 5.82 Å². The van der Waals surface area contributed by atoms with Crippen LogP contribution in [0.1, 0.15) is 22.8 Å². The van der Waals surface area contributed by atoms with E-state index >= 15 is 0 Å². The van der Waals surface area contributed by atoms with Crippen LogP contribution < -0.4 is 5.32 Å². The summed E-state index contributed by atoms with van der Waals surface area (Å²) in [4.78, 5) is 24.3. The number of rotatable bonds is 3. The lowest BCUT2D eigenvalue weighted by Gasteiger charge is -2.30. The van der Waals surface area contributed by atoms with Crippen LogP contribution in [0.3, 0.4) is 0 Å². The van der Waals surface area contributed by atoms with Gasteiger partial charge in [0.05, 0.1) is 0 Å². The third-order valence-corrected chi connectivity index (χ3v) is 3.10. The zero-order chi connectivity index (χ0) is 14.0. The average Bonchev–Trinajstić information content (AvgIpc) is 2.31. The lowest BCUT2D eigenvalue weighted by molar-refractivity contribution is 0.0723. The van der Waals surface area contributed by atoms with Crippen molar-refractivity contribution < 1.29 is 19.1 Å². The molecule has 0 spiro atoms. The Morgan fingerprint density at radius 1 is 1.58 bits per heavy atom. The van der Waals surface area contributed by atoms with E-state index in [9.17, 15) is 14.0 Å². The van der Waals surface area contributed by atoms with Gasteiger partial charge in [-0.3, -0.25) is 4.79 Å². The van der Waals surface area contributed by atoms with E-state index in [1.54, 1.807) is 11.8 Å². The topological polar surface area (TPSA) is 69.6 Å². The van der Waals surface area contributed by atoms with Gasteiger partial charge < -0.3 is 15.3 Å². The molecule has 102 valence electrons. The summed E-state index contributed by atoms with van der Waals surface area (Å²) in [6, 6.07) is 3.78. The Kier molecular flexibility index (Phi) is 3.69. The Morgan fingerprint density at radius 3 is 3.00 bits per heavy atom. The second-order valence-electron chi connectivity index (χ2n) is 4.65. The van der Waals surface area contributed by atoms with Gasteiger partial charge in [0.15, 0.2) is 0 Å². The first-order chi connectivity index (χ1) is 8.97. The second-order valence-corrected chi connectivity index (χ2v) is 4.65. The Bertz CT molecular complexity index is 519. The quantitative estimate of drug-likeness (QED) is 0.870. The molecule has 6 heteroatoms. The van der Waals surface area contributed by atoms with Crippen molar-refractivity contribution in [2.75, 3.05) is 13.1 Å². The van der Waals surface area contributed by atoms with Crippen molar-refractivity contribution in [3.05, 3.63) is 35.1 Å². The van der Waals surface area contributed by atoms with E-state index in [0.29, 0.717) is 30.6 Å². The van der Waals surface area contributed by atoms with E-state index < -0.39 is 6.09 Å². The molecule has 1 atom stereocenters. The molecule has 1 aromatic carbocycles. The molecule has 0 saturated heterocycles. The van der Waals surface area contributed by atoms with E-state index in [1.165, 1.54) is 18.2 Å². The van der Waals surface area contributed by atoms with Crippen LogP contribution in [0.5, 0.6) is 0 Å². The third kappa shape index (κ3) is 3.01. The van der Waals surface area contributed by atoms with Crippen molar-refractivity contribution in [2.24, 2.45) is 0 Å². The number of hydrogen-bond donors (Lipinski definition) is 2. The third-order valence-electron chi connectivity index (χ3n) is 3.10. The molecular formula is C13H15FN2O3. The summed E-state index contributed by atoms with van der Waals surface area (Å²) in [6.07, 6.45) is -0.530. The molecule has 0 saturated carbocycles. The van der Waals surface area contributed by atoms with E-state index in [0.717, 1.165) is 0 Å². The molecule has 5 nitrogen and oxygen atoms in total. The van der Waals surface area contributed by atoms with Gasteiger partial charge >= 0.3 is 6.09 Å². The summed E-state index contributed by atoms with van der Waals surface area (Å²) in [7, 11) is 0. The number of amides is 2. The molecule has 0 aromatic heterocycles. The van der Waals surface area contributed by atoms with Crippen LogP contribution in [0.25, 0.3) is 0 Å². The van der Waals surface area contributed by atoms with Gasteiger partial charge in [0.2, 0.25) is 0 Å². The predicted molar refractivity (Wildman–Crippen MR) is 66.6 cm³/mol. The van der Waals surface area contributed by atoms with Gasteiger partial charge in [0.25, 0.3) is 5.91 Å². The zero-order valence-electron chi connectivity index (χ0n) is 10.5. The first kappa shape index (κ1) is 13.3. The van der Waals surface area contributed by atoms with E-state index in [2.05, 4.69) is 5.32 Å². The number of nitrogens with one attached hydrogen (secondary N) is 1. The fourth-order valence-corrected chi connectivity index (χ4v) is 2.27. The van der Waals surface area contributed by atoms with Gasteiger partial charge in [-0.2, -0.15) is 0 Å². The summed E-state index contributed by atoms with van der Waals surface area (Å²) in [6.45, 7) is 2.48. The number of nitrogens with zero attached hydrogens (tertiary/aromatic N) is 1. The molecule has 2 amide bonds. The minimum Gasteiger partial charge on any atom is -0.465 e. The van der Waals surface area contributed by atoms with E-state index in [-0.39, 0.29) is 17.8 Å². The largest absolute Gasteiger partial charge is 0.465 e. The number of carbonyl (C=O) groups is 2. The second kappa shape index (κ2) is 5.26. The Labute approximate surface area is 110 Å². The summed E-state index contributed by atoms with van der Waals surface area (Å²) in [5, 5.41) is 10.9. The number of benzene rings is 1. The minimum absolute atomic E-state index is 0.180. The molecule has 2 rings (SSSR count). The SMILES string of the molecule is C[C@H](CN1CCc2cc(F)ccc2C1=O)NC(=O)O. The monoisotopic (exact) mass is 266 g/mol. The molecule has 0 unspecified atom stereocenters. The van der Waals surface area contributed by atoms with Crippen molar-refractivity contribution in [3.8, 4) is 0 Å². The van der Waals surface area contributed by atoms with Gasteiger partial charge in [-0.1, -0.05) is 0 Å². The fraction of sp³-hybridized carbons (Fsp3) is 0.385. The fourth-order valence-electron chi connectivity index (χ4n) is 2.27. The molecule has 0 aliphatic carbocycles. The standard InChI is InChI=1S/C13H15FN2O3/c1-8(15-13(18)19)7-16-5-4-9-6-10(14)2-3-11(9)12(16)17/h2-3,6,8,15H,4-5,7H2,1H3,(H,18,19)/t8-/m1/s1. The van der Waals surface area contributed by atoms with Crippen molar-refractivity contribution in [1.82, 2.24) is 10.2 Å². The first-order valence-electron chi connectivity index (χ1n) is 6.04. The number of halogens is 1. The highest BCUT2D eigenvalue weighted by Gasteiger charge is 2.25. The number of hydrogen-bond acceptors (Lipinski definition) is 2. The minimum atomic E-state index is -1.11. The summed E-state index contributed by atoms with van der Waals surface area (Å²) >= 11 is 0. The number of carboxylic acid groups (broad SMARTS) is 1. The average molecular weight is 266 g/mol. The van der Waals surface area contributed by atoms with Crippen LogP contribution in [0.15, 0.2) is 18.2 Å². The summed E-state index contributed by atoms with van der Waals surface area (Å²) in [5.41, 5.74) is 1.20. The molecule has 1 aliphatic heterocycles. The molecule has 0 fully saturated rings. The van der Waals surface area contributed by atoms with Crippen LogP contribution in [0.2, 0.25) is 0 Å². The normalized spacial score (nSPS) is 15.9. The lowest BCUT2D eigenvalue weighted by atomic mass is 9.98. The molecule has 0 radical (unpaired) electrons. The Balaban J connectivity index is 2.09. The van der Waals surface area contributed by atoms with Crippen molar-refractivity contribution in [1.29, 1.82) is 0 Å². The Hall–Kier alpha value is -2.11. The first-order valence-corrected chi connectivity index (χ1v) is 6.04. The molecular weight excluding hydrogens is 251 g/mol. The lowest BCUT2D eigenvalue weighted by Crippen LogP contribution is -2.46. The predicted octanol–water partition coefficient (Wildman–Crippen LogP) is 1.48. The van der Waals surface area contributed by atoms with Crippen LogP contribution in [-0.2, 0) is 6.42 Å². The highest BCUT2D eigenvalue weighted by atomic mass is 19.1. The van der Waals surface area contributed by atoms with Crippen molar-refractivity contribution >= 4 is 12.0 Å². The van der Waals surface area contributed by atoms with Gasteiger partial charge in [-0.15, -0.1) is 0 Å². The van der Waals surface area contributed by atoms with Crippen molar-refractivity contribution in [2.45, 2.75) is 19.4 Å². The maximum Gasteiger partial charge on any atom is 0.404 e.